The van der Waals surface area contributed by atoms with Crippen molar-refractivity contribution >= 4 is 11.6 Å². The van der Waals surface area contributed by atoms with Gasteiger partial charge in [0.2, 0.25) is 0 Å². The maximum atomic E-state index is 13.8. The lowest BCUT2D eigenvalue weighted by Gasteiger charge is -2.36. The molecule has 0 bridgehead atoms. The number of rotatable bonds is 5. The first kappa shape index (κ1) is 14.4. The van der Waals surface area contributed by atoms with Crippen LogP contribution >= 0.6 is 11.6 Å². The zero-order valence-electron chi connectivity index (χ0n) is 10.5. The molecule has 96 valence electrons. The van der Waals surface area contributed by atoms with Gasteiger partial charge >= 0.3 is 0 Å². The second-order valence-corrected chi connectivity index (χ2v) is 4.50. The maximum Gasteiger partial charge on any atom is 0.129 e. The summed E-state index contributed by atoms with van der Waals surface area (Å²) >= 11 is 6.03. The van der Waals surface area contributed by atoms with E-state index in [0.29, 0.717) is 23.4 Å². The van der Waals surface area contributed by atoms with E-state index >= 15 is 0 Å². The van der Waals surface area contributed by atoms with Crippen LogP contribution in [0.4, 0.5) is 4.39 Å². The fourth-order valence-electron chi connectivity index (χ4n) is 2.18. The number of benzene rings is 1. The quantitative estimate of drug-likeness (QED) is 0.875. The van der Waals surface area contributed by atoms with Crippen molar-refractivity contribution in [3.05, 3.63) is 34.6 Å². The number of halogens is 2. The third-order valence-corrected chi connectivity index (χ3v) is 3.81. The predicted octanol–water partition coefficient (Wildman–Crippen LogP) is 3.68. The maximum absolute atomic E-state index is 13.8. The summed E-state index contributed by atoms with van der Waals surface area (Å²) in [5.74, 6) is -0.381. The smallest absolute Gasteiger partial charge is 0.129 e. The summed E-state index contributed by atoms with van der Waals surface area (Å²) in [5, 5.41) is 0.348. The highest BCUT2D eigenvalue weighted by Gasteiger charge is 2.36. The largest absolute Gasteiger partial charge is 0.376 e. The van der Waals surface area contributed by atoms with Crippen molar-refractivity contribution < 1.29 is 9.13 Å². The lowest BCUT2D eigenvalue weighted by molar-refractivity contribution is -0.0392. The van der Waals surface area contributed by atoms with Gasteiger partial charge in [0.1, 0.15) is 5.82 Å². The monoisotopic (exact) mass is 259 g/mol. The average molecular weight is 260 g/mol. The first-order chi connectivity index (χ1) is 8.02. The molecular weight excluding hydrogens is 241 g/mol. The van der Waals surface area contributed by atoms with Gasteiger partial charge in [-0.05, 0) is 25.0 Å². The van der Waals surface area contributed by atoms with Gasteiger partial charge in [0.15, 0.2) is 0 Å². The fraction of sp³-hybridized carbons (Fsp3) is 0.538. The molecule has 17 heavy (non-hydrogen) atoms. The Morgan fingerprint density at radius 3 is 2.41 bits per heavy atom. The molecule has 4 heteroatoms. The average Bonchev–Trinajstić information content (AvgIpc) is 2.32. The zero-order valence-corrected chi connectivity index (χ0v) is 11.2. The summed E-state index contributed by atoms with van der Waals surface area (Å²) in [6, 6.07) is 4.01. The number of hydrogen-bond donors (Lipinski definition) is 1. The normalized spacial score (nSPS) is 13.8. The molecule has 0 spiro atoms. The summed E-state index contributed by atoms with van der Waals surface area (Å²) in [6.07, 6.45) is 1.40. The van der Waals surface area contributed by atoms with Gasteiger partial charge < -0.3 is 10.5 Å². The third kappa shape index (κ3) is 2.62. The molecule has 0 heterocycles. The van der Waals surface area contributed by atoms with Crippen LogP contribution < -0.4 is 5.73 Å². The molecule has 0 fully saturated rings. The standard InChI is InChI=1S/C13H19ClFNO/c1-4-13(5-2,17-3)12(16)11-9(14)7-6-8-10(11)15/h6-8,12H,4-5,16H2,1-3H3. The second kappa shape index (κ2) is 5.80. The molecule has 0 aliphatic rings. The summed E-state index contributed by atoms with van der Waals surface area (Å²) in [5.41, 5.74) is 5.91. The molecule has 0 saturated carbocycles. The molecule has 0 amide bonds. The summed E-state index contributed by atoms with van der Waals surface area (Å²) in [6.45, 7) is 3.95. The van der Waals surface area contributed by atoms with Crippen molar-refractivity contribution in [2.75, 3.05) is 7.11 Å². The topological polar surface area (TPSA) is 35.2 Å². The van der Waals surface area contributed by atoms with Crippen LogP contribution in [-0.4, -0.2) is 12.7 Å². The van der Waals surface area contributed by atoms with Gasteiger partial charge in [0.05, 0.1) is 11.6 Å². The molecule has 0 aromatic heterocycles. The Morgan fingerprint density at radius 2 is 2.00 bits per heavy atom. The van der Waals surface area contributed by atoms with E-state index in [0.717, 1.165) is 0 Å². The minimum atomic E-state index is -0.578. The molecule has 2 nitrogen and oxygen atoms in total. The van der Waals surface area contributed by atoms with Crippen LogP contribution in [0.15, 0.2) is 18.2 Å². The number of methoxy groups -OCH3 is 1. The van der Waals surface area contributed by atoms with Gasteiger partial charge in [0.25, 0.3) is 0 Å². The van der Waals surface area contributed by atoms with Crippen LogP contribution in [0, 0.1) is 5.82 Å². The number of ether oxygens (including phenoxy) is 1. The van der Waals surface area contributed by atoms with E-state index in [1.807, 2.05) is 13.8 Å². The highest BCUT2D eigenvalue weighted by atomic mass is 35.5. The molecule has 1 rings (SSSR count). The lowest BCUT2D eigenvalue weighted by atomic mass is 9.84. The first-order valence-electron chi connectivity index (χ1n) is 5.77. The van der Waals surface area contributed by atoms with Gasteiger partial charge in [-0.2, -0.15) is 0 Å². The minimum absolute atomic E-state index is 0.333. The highest BCUT2D eigenvalue weighted by molar-refractivity contribution is 6.31. The molecule has 1 atom stereocenters. The molecule has 0 radical (unpaired) electrons. The first-order valence-corrected chi connectivity index (χ1v) is 6.14. The van der Waals surface area contributed by atoms with Crippen molar-refractivity contribution in [1.82, 2.24) is 0 Å². The molecule has 0 aliphatic carbocycles. The van der Waals surface area contributed by atoms with Gasteiger partial charge in [-0.3, -0.25) is 0 Å². The second-order valence-electron chi connectivity index (χ2n) is 4.09. The van der Waals surface area contributed by atoms with Crippen LogP contribution in [0.5, 0.6) is 0 Å². The molecule has 2 N–H and O–H groups in total. The van der Waals surface area contributed by atoms with Crippen LogP contribution in [-0.2, 0) is 4.74 Å². The molecule has 0 saturated heterocycles. The Morgan fingerprint density at radius 1 is 1.41 bits per heavy atom. The van der Waals surface area contributed by atoms with E-state index in [-0.39, 0.29) is 5.82 Å². The Labute approximate surface area is 107 Å². The van der Waals surface area contributed by atoms with Crippen LogP contribution in [0.25, 0.3) is 0 Å². The molecule has 1 aromatic rings. The van der Waals surface area contributed by atoms with E-state index in [9.17, 15) is 4.39 Å². The molecule has 1 unspecified atom stereocenters. The Kier molecular flexibility index (Phi) is 4.92. The van der Waals surface area contributed by atoms with E-state index < -0.39 is 11.6 Å². The van der Waals surface area contributed by atoms with E-state index in [1.165, 1.54) is 6.07 Å². The Balaban J connectivity index is 3.23. The van der Waals surface area contributed by atoms with Crippen LogP contribution in [0.2, 0.25) is 5.02 Å². The van der Waals surface area contributed by atoms with Crippen LogP contribution in [0.1, 0.15) is 38.3 Å². The molecule has 1 aromatic carbocycles. The van der Waals surface area contributed by atoms with Crippen molar-refractivity contribution in [3.8, 4) is 0 Å². The van der Waals surface area contributed by atoms with Gasteiger partial charge in [0, 0.05) is 17.7 Å². The van der Waals surface area contributed by atoms with Crippen molar-refractivity contribution in [2.45, 2.75) is 38.3 Å². The molecule has 0 aliphatic heterocycles. The number of hydrogen-bond acceptors (Lipinski definition) is 2. The van der Waals surface area contributed by atoms with Gasteiger partial charge in [-0.1, -0.05) is 31.5 Å². The van der Waals surface area contributed by atoms with Gasteiger partial charge in [-0.25, -0.2) is 4.39 Å². The van der Waals surface area contributed by atoms with E-state index in [2.05, 4.69) is 0 Å². The highest BCUT2D eigenvalue weighted by Crippen LogP contribution is 2.37. The lowest BCUT2D eigenvalue weighted by Crippen LogP contribution is -2.42. The Hall–Kier alpha value is -0.640. The predicted molar refractivity (Wildman–Crippen MR) is 68.7 cm³/mol. The van der Waals surface area contributed by atoms with Crippen molar-refractivity contribution in [3.63, 3.8) is 0 Å². The Bertz CT molecular complexity index is 351. The number of nitrogens with two attached hydrogens (primary N) is 1. The van der Waals surface area contributed by atoms with Crippen LogP contribution in [0.3, 0.4) is 0 Å². The van der Waals surface area contributed by atoms with Crippen molar-refractivity contribution in [2.24, 2.45) is 5.73 Å². The van der Waals surface area contributed by atoms with Crippen molar-refractivity contribution in [1.29, 1.82) is 0 Å². The molecular formula is C13H19ClFNO. The zero-order chi connectivity index (χ0) is 13.1. The van der Waals surface area contributed by atoms with E-state index in [1.54, 1.807) is 19.2 Å². The minimum Gasteiger partial charge on any atom is -0.376 e. The summed E-state index contributed by atoms with van der Waals surface area (Å²) in [4.78, 5) is 0. The van der Waals surface area contributed by atoms with Gasteiger partial charge in [-0.15, -0.1) is 0 Å². The summed E-state index contributed by atoms with van der Waals surface area (Å²) < 4.78 is 19.3. The summed E-state index contributed by atoms with van der Waals surface area (Å²) in [7, 11) is 1.60. The van der Waals surface area contributed by atoms with E-state index in [4.69, 9.17) is 22.1 Å². The third-order valence-electron chi connectivity index (χ3n) is 3.48. The fourth-order valence-corrected chi connectivity index (χ4v) is 2.46. The SMILES string of the molecule is CCC(CC)(OC)C(N)c1c(F)cccc1Cl.